The fourth-order valence-electron chi connectivity index (χ4n) is 2.81. The number of rotatable bonds is 1. The fourth-order valence-corrected chi connectivity index (χ4v) is 2.81. The van der Waals surface area contributed by atoms with Gasteiger partial charge in [-0.25, -0.2) is 0 Å². The molecule has 1 aromatic rings. The highest BCUT2D eigenvalue weighted by Gasteiger charge is 2.37. The lowest BCUT2D eigenvalue weighted by atomic mass is 9.87. The number of hydrogen-bond acceptors (Lipinski definition) is 3. The minimum absolute atomic E-state index is 0.129. The predicted octanol–water partition coefficient (Wildman–Crippen LogP) is 2.94. The van der Waals surface area contributed by atoms with Crippen LogP contribution in [-0.2, 0) is 6.18 Å². The van der Waals surface area contributed by atoms with Gasteiger partial charge in [-0.2, -0.15) is 13.2 Å². The third kappa shape index (κ3) is 2.57. The molecule has 3 nitrogen and oxygen atoms in total. The minimum Gasteiger partial charge on any atom is -0.486 e. The topological polar surface area (TPSA) is 30.5 Å². The molecule has 1 unspecified atom stereocenters. The smallest absolute Gasteiger partial charge is 0.416 e. The summed E-state index contributed by atoms with van der Waals surface area (Å²) in [5, 5.41) is 3.15. The van der Waals surface area contributed by atoms with Gasteiger partial charge in [0, 0.05) is 6.54 Å². The van der Waals surface area contributed by atoms with E-state index < -0.39 is 11.7 Å². The van der Waals surface area contributed by atoms with Crippen LogP contribution in [0.3, 0.4) is 0 Å². The van der Waals surface area contributed by atoms with Gasteiger partial charge in [0.15, 0.2) is 11.5 Å². The minimum atomic E-state index is -4.37. The van der Waals surface area contributed by atoms with Gasteiger partial charge in [-0.1, -0.05) is 0 Å². The molecular formula is C14H16F3NO2. The number of alkyl halides is 3. The van der Waals surface area contributed by atoms with Crippen LogP contribution in [0.2, 0.25) is 0 Å². The van der Waals surface area contributed by atoms with Crippen LogP contribution in [0, 0.1) is 0 Å². The van der Waals surface area contributed by atoms with Crippen molar-refractivity contribution in [3.05, 3.63) is 23.3 Å². The molecule has 0 aromatic heterocycles. The highest BCUT2D eigenvalue weighted by molar-refractivity contribution is 5.50. The molecule has 1 fully saturated rings. The molecule has 2 aliphatic rings. The molecule has 0 saturated carbocycles. The lowest BCUT2D eigenvalue weighted by Crippen LogP contribution is -2.30. The number of benzene rings is 1. The van der Waals surface area contributed by atoms with Crippen molar-refractivity contribution in [2.45, 2.75) is 24.9 Å². The molecule has 3 rings (SSSR count). The summed E-state index contributed by atoms with van der Waals surface area (Å²) >= 11 is 0. The van der Waals surface area contributed by atoms with E-state index in [4.69, 9.17) is 9.47 Å². The van der Waals surface area contributed by atoms with Crippen molar-refractivity contribution >= 4 is 0 Å². The summed E-state index contributed by atoms with van der Waals surface area (Å²) < 4.78 is 50.4. The Balaban J connectivity index is 2.05. The van der Waals surface area contributed by atoms with E-state index in [1.54, 1.807) is 0 Å². The number of hydrogen-bond donors (Lipinski definition) is 1. The van der Waals surface area contributed by atoms with Gasteiger partial charge in [0.1, 0.15) is 13.2 Å². The van der Waals surface area contributed by atoms with Gasteiger partial charge < -0.3 is 14.8 Å². The molecule has 110 valence electrons. The monoisotopic (exact) mass is 287 g/mol. The van der Waals surface area contributed by atoms with Crippen LogP contribution in [0.5, 0.6) is 11.5 Å². The van der Waals surface area contributed by atoms with E-state index in [9.17, 15) is 13.2 Å². The summed E-state index contributed by atoms with van der Waals surface area (Å²) in [6.07, 6.45) is -2.73. The maximum Gasteiger partial charge on any atom is 0.416 e. The Morgan fingerprint density at radius 3 is 2.40 bits per heavy atom. The van der Waals surface area contributed by atoms with Crippen molar-refractivity contribution in [2.75, 3.05) is 26.3 Å². The summed E-state index contributed by atoms with van der Waals surface area (Å²) in [6.45, 7) is 2.10. The van der Waals surface area contributed by atoms with Gasteiger partial charge in [-0.3, -0.25) is 0 Å². The zero-order valence-electron chi connectivity index (χ0n) is 10.9. The standard InChI is InChI=1S/C14H16F3NO2/c15-14(16,17)11-7-13-12(19-4-5-20-13)6-10(11)9-2-1-3-18-8-9/h6-7,9,18H,1-5,8H2. The molecule has 1 aromatic carbocycles. The lowest BCUT2D eigenvalue weighted by Gasteiger charge is -2.28. The summed E-state index contributed by atoms with van der Waals surface area (Å²) in [4.78, 5) is 0. The van der Waals surface area contributed by atoms with E-state index in [0.717, 1.165) is 25.5 Å². The molecule has 0 radical (unpaired) electrons. The Bertz CT molecular complexity index is 496. The molecule has 6 heteroatoms. The molecule has 20 heavy (non-hydrogen) atoms. The van der Waals surface area contributed by atoms with Crippen molar-refractivity contribution < 1.29 is 22.6 Å². The average Bonchev–Trinajstić information content (AvgIpc) is 2.46. The SMILES string of the molecule is FC(F)(F)c1cc2c(cc1C1CCCNC1)OCCO2. The van der Waals surface area contributed by atoms with Crippen LogP contribution >= 0.6 is 0 Å². The van der Waals surface area contributed by atoms with Crippen molar-refractivity contribution in [2.24, 2.45) is 0 Å². The van der Waals surface area contributed by atoms with Crippen molar-refractivity contribution in [3.8, 4) is 11.5 Å². The van der Waals surface area contributed by atoms with E-state index in [0.29, 0.717) is 24.5 Å². The number of ether oxygens (including phenoxy) is 2. The third-order valence-corrected chi connectivity index (χ3v) is 3.76. The third-order valence-electron chi connectivity index (χ3n) is 3.76. The first-order valence-corrected chi connectivity index (χ1v) is 6.77. The lowest BCUT2D eigenvalue weighted by molar-refractivity contribution is -0.138. The van der Waals surface area contributed by atoms with Crippen LogP contribution in [0.25, 0.3) is 0 Å². The number of nitrogens with one attached hydrogen (secondary N) is 1. The van der Waals surface area contributed by atoms with Crippen molar-refractivity contribution in [1.82, 2.24) is 5.32 Å². The van der Waals surface area contributed by atoms with Crippen LogP contribution in [0.1, 0.15) is 29.9 Å². The van der Waals surface area contributed by atoms with Crippen molar-refractivity contribution in [1.29, 1.82) is 0 Å². The van der Waals surface area contributed by atoms with Gasteiger partial charge >= 0.3 is 6.18 Å². The van der Waals surface area contributed by atoms with Crippen LogP contribution in [0.15, 0.2) is 12.1 Å². The first-order chi connectivity index (χ1) is 9.55. The average molecular weight is 287 g/mol. The van der Waals surface area contributed by atoms with E-state index in [1.807, 2.05) is 0 Å². The van der Waals surface area contributed by atoms with Gasteiger partial charge in [0.05, 0.1) is 5.56 Å². The Hall–Kier alpha value is -1.43. The molecule has 2 aliphatic heterocycles. The number of halogens is 3. The van der Waals surface area contributed by atoms with Gasteiger partial charge in [-0.15, -0.1) is 0 Å². The molecule has 0 spiro atoms. The Morgan fingerprint density at radius 1 is 1.10 bits per heavy atom. The van der Waals surface area contributed by atoms with Gasteiger partial charge in [-0.05, 0) is 43.0 Å². The molecule has 0 aliphatic carbocycles. The van der Waals surface area contributed by atoms with E-state index in [1.165, 1.54) is 6.07 Å². The predicted molar refractivity (Wildman–Crippen MR) is 67.3 cm³/mol. The van der Waals surface area contributed by atoms with Crippen LogP contribution in [-0.4, -0.2) is 26.3 Å². The molecule has 2 heterocycles. The van der Waals surface area contributed by atoms with Gasteiger partial charge in [0.2, 0.25) is 0 Å². The number of fused-ring (bicyclic) bond motifs is 1. The molecular weight excluding hydrogens is 271 g/mol. The largest absolute Gasteiger partial charge is 0.486 e. The summed E-state index contributed by atoms with van der Waals surface area (Å²) in [7, 11) is 0. The second kappa shape index (κ2) is 5.16. The maximum absolute atomic E-state index is 13.3. The first-order valence-electron chi connectivity index (χ1n) is 6.77. The first kappa shape index (κ1) is 13.5. The van der Waals surface area contributed by atoms with Crippen LogP contribution < -0.4 is 14.8 Å². The zero-order chi connectivity index (χ0) is 14.2. The Kier molecular flexibility index (Phi) is 3.50. The molecule has 1 saturated heterocycles. The Labute approximate surface area is 115 Å². The van der Waals surface area contributed by atoms with Gasteiger partial charge in [0.25, 0.3) is 0 Å². The second-order valence-corrected chi connectivity index (χ2v) is 5.12. The van der Waals surface area contributed by atoms with E-state index >= 15 is 0 Å². The maximum atomic E-state index is 13.3. The summed E-state index contributed by atoms with van der Waals surface area (Å²) in [6, 6.07) is 2.59. The van der Waals surface area contributed by atoms with E-state index in [2.05, 4.69) is 5.32 Å². The quantitative estimate of drug-likeness (QED) is 0.861. The zero-order valence-corrected chi connectivity index (χ0v) is 10.9. The highest BCUT2D eigenvalue weighted by Crippen LogP contribution is 2.43. The molecule has 0 bridgehead atoms. The Morgan fingerprint density at radius 2 is 1.80 bits per heavy atom. The van der Waals surface area contributed by atoms with E-state index in [-0.39, 0.29) is 18.3 Å². The highest BCUT2D eigenvalue weighted by atomic mass is 19.4. The fraction of sp³-hybridized carbons (Fsp3) is 0.571. The molecule has 1 N–H and O–H groups in total. The number of piperidine rings is 1. The normalized spacial score (nSPS) is 22.6. The second-order valence-electron chi connectivity index (χ2n) is 5.12. The summed E-state index contributed by atoms with van der Waals surface area (Å²) in [5.74, 6) is 0.483. The summed E-state index contributed by atoms with van der Waals surface area (Å²) in [5.41, 5.74) is -0.288. The van der Waals surface area contributed by atoms with Crippen LogP contribution in [0.4, 0.5) is 13.2 Å². The molecule has 1 atom stereocenters. The van der Waals surface area contributed by atoms with Crippen molar-refractivity contribution in [3.63, 3.8) is 0 Å². The molecule has 0 amide bonds.